The fraction of sp³-hybridized carbons (Fsp3) is 0.184. The van der Waals surface area contributed by atoms with E-state index in [0.717, 1.165) is 6.54 Å². The molecule has 0 saturated carbocycles. The lowest BCUT2D eigenvalue weighted by Crippen LogP contribution is -2.75. The van der Waals surface area contributed by atoms with Crippen molar-refractivity contribution >= 4 is 38.8 Å². The van der Waals surface area contributed by atoms with E-state index in [-0.39, 0.29) is 0 Å². The third-order valence-corrected chi connectivity index (χ3v) is 11.6. The summed E-state index contributed by atoms with van der Waals surface area (Å²) in [5.74, 6) is 0. The van der Waals surface area contributed by atoms with E-state index in [0.29, 0.717) is 5.56 Å². The predicted molar refractivity (Wildman–Crippen MR) is 224 cm³/mol. The molecule has 0 radical (unpaired) electrons. The maximum atomic E-state index is 14.2. The molecule has 76 heavy (non-hydrogen) atoms. The van der Waals surface area contributed by atoms with Gasteiger partial charge < -0.3 is 0 Å². The molecule has 0 spiro atoms. The maximum absolute atomic E-state index is 14.2. The first-order valence-electron chi connectivity index (χ1n) is 20.8. The third kappa shape index (κ3) is 13.0. The van der Waals surface area contributed by atoms with Crippen molar-refractivity contribution in [2.75, 3.05) is 0 Å². The van der Waals surface area contributed by atoms with Crippen molar-refractivity contribution in [3.05, 3.63) is 195 Å². The Labute approximate surface area is 411 Å². The van der Waals surface area contributed by atoms with E-state index in [1.54, 1.807) is 0 Å². The van der Waals surface area contributed by atoms with Crippen molar-refractivity contribution in [3.63, 3.8) is 0 Å². The number of halogens is 24. The molecule has 1 heterocycles. The summed E-state index contributed by atoms with van der Waals surface area (Å²) in [5, 5.41) is 11.3. The van der Waals surface area contributed by atoms with Crippen LogP contribution in [0.25, 0.3) is 10.8 Å². The zero-order valence-electron chi connectivity index (χ0n) is 37.0. The van der Waals surface area contributed by atoms with Crippen LogP contribution >= 0.6 is 0 Å². The first-order chi connectivity index (χ1) is 34.6. The van der Waals surface area contributed by atoms with Gasteiger partial charge in [0, 0.05) is 17.0 Å². The zero-order valence-corrected chi connectivity index (χ0v) is 37.0. The van der Waals surface area contributed by atoms with Crippen LogP contribution in [0.5, 0.6) is 0 Å². The number of benzene rings is 6. The van der Waals surface area contributed by atoms with Gasteiger partial charge in [0.05, 0.1) is 56.1 Å². The molecule has 0 aliphatic heterocycles. The SMILES string of the molecule is FC(F)(F)c1cc([B-](c2cc(C(F)(F)F)cc(C(F)(F)F)c2)(c2cc(C(F)(F)F)cc(C(F)(F)F)c2)c2cc(C(F)(F)F)cc(C(F)(F)F)c2)cc(C(F)(F)F)c1.N#Cc1ccc(C[n+]2ccc3ccccc3c2)cc1. The van der Waals surface area contributed by atoms with Crippen molar-refractivity contribution in [3.8, 4) is 6.07 Å². The average molecular weight is 1110 g/mol. The minimum Gasteiger partial charge on any atom is -0.200 e. The van der Waals surface area contributed by atoms with Crippen LogP contribution in [-0.2, 0) is 56.0 Å². The van der Waals surface area contributed by atoms with Crippen molar-refractivity contribution in [1.29, 1.82) is 5.26 Å². The first kappa shape index (κ1) is 57.9. The van der Waals surface area contributed by atoms with Gasteiger partial charge >= 0.3 is 49.4 Å². The van der Waals surface area contributed by atoms with E-state index in [1.165, 1.54) is 16.3 Å². The van der Waals surface area contributed by atoms with Gasteiger partial charge in [0.15, 0.2) is 18.9 Å². The van der Waals surface area contributed by atoms with E-state index >= 15 is 0 Å². The molecule has 7 rings (SSSR count). The highest BCUT2D eigenvalue weighted by Gasteiger charge is 2.47. The highest BCUT2D eigenvalue weighted by atomic mass is 19.4. The second-order valence-electron chi connectivity index (χ2n) is 16.8. The molecule has 0 atom stereocenters. The van der Waals surface area contributed by atoms with Gasteiger partial charge in [0.25, 0.3) is 0 Å². The van der Waals surface area contributed by atoms with Crippen molar-refractivity contribution < 1.29 is 110 Å². The number of alkyl halides is 24. The smallest absolute Gasteiger partial charge is 0.200 e. The molecule has 0 aliphatic carbocycles. The molecule has 0 N–H and O–H groups in total. The summed E-state index contributed by atoms with van der Waals surface area (Å²) in [4.78, 5) is 0. The van der Waals surface area contributed by atoms with Crippen LogP contribution in [-0.4, -0.2) is 6.15 Å². The molecule has 7 aromatic rings. The lowest BCUT2D eigenvalue weighted by atomic mass is 9.12. The Morgan fingerprint density at radius 1 is 0.342 bits per heavy atom. The van der Waals surface area contributed by atoms with E-state index in [9.17, 15) is 105 Å². The number of pyridine rings is 1. The van der Waals surface area contributed by atoms with Gasteiger partial charge in [-0.05, 0) is 47.9 Å². The van der Waals surface area contributed by atoms with Crippen molar-refractivity contribution in [1.82, 2.24) is 0 Å². The van der Waals surface area contributed by atoms with Crippen LogP contribution in [0.1, 0.15) is 55.6 Å². The van der Waals surface area contributed by atoms with Gasteiger partial charge in [-0.3, -0.25) is 0 Å². The Kier molecular flexibility index (Phi) is 15.2. The lowest BCUT2D eigenvalue weighted by molar-refractivity contribution is -0.687. The summed E-state index contributed by atoms with van der Waals surface area (Å²) in [6.07, 6.45) is -50.6. The van der Waals surface area contributed by atoms with E-state index in [4.69, 9.17) is 5.26 Å². The zero-order chi connectivity index (χ0) is 57.0. The molecule has 1 aromatic heterocycles. The standard InChI is InChI=1S/C32H12BF24.C17H13N2/c34-25(35,36)13-1-14(26(37,38)39)6-21(5-13)33(22-7-15(27(40,41)42)2-16(8-22)28(43,44)45,23-9-17(29(46,47)48)3-18(10-23)30(49,50)51)24-11-19(31(52,53)54)4-20(12-24)32(55,56)57;18-11-14-5-7-15(8-6-14)12-19-10-9-16-3-1-2-4-17(16)13-19/h1-12H;1-10,13H,12H2/q-1;+1. The highest BCUT2D eigenvalue weighted by molar-refractivity contribution is 7.20. The van der Waals surface area contributed by atoms with Crippen LogP contribution in [0.3, 0.4) is 0 Å². The number of rotatable bonds is 6. The molecule has 0 saturated heterocycles. The molecular weight excluding hydrogens is 1080 g/mol. The minimum atomic E-state index is -6.13. The van der Waals surface area contributed by atoms with Crippen LogP contribution < -0.4 is 26.4 Å². The van der Waals surface area contributed by atoms with Gasteiger partial charge in [-0.1, -0.05) is 78.9 Å². The molecule has 0 bridgehead atoms. The summed E-state index contributed by atoms with van der Waals surface area (Å²) >= 11 is 0. The normalized spacial score (nSPS) is 13.3. The van der Waals surface area contributed by atoms with Gasteiger partial charge in [0.2, 0.25) is 0 Å². The summed E-state index contributed by atoms with van der Waals surface area (Å²) in [6.45, 7) is 0.816. The van der Waals surface area contributed by atoms with Crippen LogP contribution in [0.4, 0.5) is 105 Å². The van der Waals surface area contributed by atoms with Gasteiger partial charge in [-0.25, -0.2) is 4.57 Å². The summed E-state index contributed by atoms with van der Waals surface area (Å²) in [7, 11) is 0. The fourth-order valence-electron chi connectivity index (χ4n) is 8.24. The van der Waals surface area contributed by atoms with Crippen molar-refractivity contribution in [2.45, 2.75) is 56.0 Å². The molecule has 402 valence electrons. The van der Waals surface area contributed by atoms with Gasteiger partial charge in [0.1, 0.15) is 6.15 Å². The Morgan fingerprint density at radius 3 is 0.855 bits per heavy atom. The second-order valence-corrected chi connectivity index (χ2v) is 16.8. The summed E-state index contributed by atoms with van der Waals surface area (Å²) in [6, 6.07) is 11.5. The van der Waals surface area contributed by atoms with Gasteiger partial charge in [-0.2, -0.15) is 132 Å². The van der Waals surface area contributed by atoms with E-state index in [2.05, 4.69) is 41.2 Å². The highest BCUT2D eigenvalue weighted by Crippen LogP contribution is 2.41. The Hall–Kier alpha value is -7.40. The molecule has 0 unspecified atom stereocenters. The molecule has 6 aromatic carbocycles. The number of fused-ring (bicyclic) bond motifs is 1. The second kappa shape index (κ2) is 20.0. The number of hydrogen-bond acceptors (Lipinski definition) is 1. The first-order valence-corrected chi connectivity index (χ1v) is 20.8. The summed E-state index contributed by atoms with van der Waals surface area (Å²) in [5.41, 5.74) is -28.3. The topological polar surface area (TPSA) is 27.7 Å². The maximum Gasteiger partial charge on any atom is 0.416 e. The van der Waals surface area contributed by atoms with Crippen LogP contribution in [0.15, 0.2) is 140 Å². The summed E-state index contributed by atoms with van der Waals surface area (Å²) < 4.78 is 343. The van der Waals surface area contributed by atoms with E-state index < -0.39 is 195 Å². The van der Waals surface area contributed by atoms with Crippen LogP contribution in [0, 0.1) is 11.3 Å². The lowest BCUT2D eigenvalue weighted by Gasteiger charge is -2.46. The number of nitrogens with zero attached hydrogens (tertiary/aromatic N) is 2. The van der Waals surface area contributed by atoms with Gasteiger partial charge in [-0.15, -0.1) is 0 Å². The molecule has 0 fully saturated rings. The number of aromatic nitrogens is 1. The quantitative estimate of drug-likeness (QED) is 0.0926. The Morgan fingerprint density at radius 2 is 0.605 bits per heavy atom. The number of nitriles is 1. The molecular formula is C49H25BF24N2. The van der Waals surface area contributed by atoms with E-state index in [1.807, 2.05) is 36.4 Å². The molecule has 0 aliphatic rings. The predicted octanol–water partition coefficient (Wildman–Crippen LogP) is 14.3. The number of hydrogen-bond donors (Lipinski definition) is 0. The molecule has 27 heteroatoms. The largest absolute Gasteiger partial charge is 0.416 e. The molecule has 0 amide bonds. The Balaban J connectivity index is 0.000000408. The fourth-order valence-corrected chi connectivity index (χ4v) is 8.24. The monoisotopic (exact) mass is 1110 g/mol. The van der Waals surface area contributed by atoms with Crippen molar-refractivity contribution in [2.24, 2.45) is 0 Å². The minimum absolute atomic E-state index is 0.691. The average Bonchev–Trinajstić information content (AvgIpc) is 3.29. The van der Waals surface area contributed by atoms with Crippen LogP contribution in [0.2, 0.25) is 0 Å². The third-order valence-electron chi connectivity index (χ3n) is 11.6. The molecule has 2 nitrogen and oxygen atoms in total. The Bertz CT molecular complexity index is 2860.